The molecule has 6 heteroatoms. The summed E-state index contributed by atoms with van der Waals surface area (Å²) < 4.78 is 40.1. The van der Waals surface area contributed by atoms with Crippen LogP contribution in [0, 0.1) is 5.82 Å². The molecule has 0 spiro atoms. The first-order chi connectivity index (χ1) is 8.43. The highest BCUT2D eigenvalue weighted by molar-refractivity contribution is 9.10. The number of hydrogen-bond acceptors (Lipinski definition) is 2. The second kappa shape index (κ2) is 6.63. The molecule has 1 aromatic carbocycles. The fraction of sp³-hybridized carbons (Fsp3) is 0.500. The lowest BCUT2D eigenvalue weighted by Gasteiger charge is -2.20. The van der Waals surface area contributed by atoms with Gasteiger partial charge in [0, 0.05) is 17.6 Å². The van der Waals surface area contributed by atoms with Crippen molar-refractivity contribution in [2.75, 3.05) is 13.1 Å². The monoisotopic (exact) mass is 337 g/mol. The number of hydrogen-bond donors (Lipinski definition) is 0. The van der Waals surface area contributed by atoms with Gasteiger partial charge in [-0.2, -0.15) is 4.31 Å². The minimum atomic E-state index is -3.73. The third-order valence-corrected chi connectivity index (χ3v) is 5.13. The lowest BCUT2D eigenvalue weighted by Crippen LogP contribution is -2.32. The van der Waals surface area contributed by atoms with Crippen molar-refractivity contribution in [2.45, 2.75) is 31.6 Å². The average Bonchev–Trinajstić information content (AvgIpc) is 2.29. The highest BCUT2D eigenvalue weighted by atomic mass is 79.9. The molecule has 0 aromatic heterocycles. The summed E-state index contributed by atoms with van der Waals surface area (Å²) in [6.07, 6.45) is 1.67. The lowest BCUT2D eigenvalue weighted by atomic mass is 10.3. The van der Waals surface area contributed by atoms with E-state index in [9.17, 15) is 12.8 Å². The van der Waals surface area contributed by atoms with Gasteiger partial charge in [-0.05, 0) is 24.6 Å². The van der Waals surface area contributed by atoms with E-state index in [1.807, 2.05) is 6.92 Å². The maximum atomic E-state index is 13.7. The summed E-state index contributed by atoms with van der Waals surface area (Å²) in [5, 5.41) is 0. The van der Waals surface area contributed by atoms with Gasteiger partial charge in [-0.3, -0.25) is 0 Å². The molecular formula is C12H17BrFNO2S. The molecule has 0 bridgehead atoms. The van der Waals surface area contributed by atoms with Crippen LogP contribution in [0.2, 0.25) is 0 Å². The molecule has 0 atom stereocenters. The van der Waals surface area contributed by atoms with Crippen LogP contribution in [0.5, 0.6) is 0 Å². The Hall–Kier alpha value is -0.460. The number of unbranched alkanes of at least 4 members (excludes halogenated alkanes) is 1. The van der Waals surface area contributed by atoms with Gasteiger partial charge >= 0.3 is 0 Å². The molecule has 102 valence electrons. The Morgan fingerprint density at radius 3 is 2.50 bits per heavy atom. The first kappa shape index (κ1) is 15.6. The Kier molecular flexibility index (Phi) is 5.75. The molecule has 0 amide bonds. The third-order valence-electron chi connectivity index (χ3n) is 2.63. The lowest BCUT2D eigenvalue weighted by molar-refractivity contribution is 0.415. The van der Waals surface area contributed by atoms with Crippen molar-refractivity contribution in [1.29, 1.82) is 0 Å². The molecule has 0 aliphatic heterocycles. The van der Waals surface area contributed by atoms with Gasteiger partial charge in [0.1, 0.15) is 10.7 Å². The first-order valence-corrected chi connectivity index (χ1v) is 8.12. The van der Waals surface area contributed by atoms with Gasteiger partial charge in [-0.25, -0.2) is 12.8 Å². The summed E-state index contributed by atoms with van der Waals surface area (Å²) in [6, 6.07) is 3.99. The molecular weight excluding hydrogens is 321 g/mol. The van der Waals surface area contributed by atoms with Gasteiger partial charge in [-0.15, -0.1) is 0 Å². The van der Waals surface area contributed by atoms with Crippen LogP contribution in [-0.2, 0) is 10.0 Å². The van der Waals surface area contributed by atoms with Crippen molar-refractivity contribution in [3.63, 3.8) is 0 Å². The standard InChI is InChI=1S/C12H17BrFNO2S/c1-3-5-8-15(4-2)18(16,17)12-7-6-10(13)9-11(12)14/h6-7,9H,3-5,8H2,1-2H3. The largest absolute Gasteiger partial charge is 0.245 e. The number of rotatable bonds is 6. The van der Waals surface area contributed by atoms with Gasteiger partial charge in [0.25, 0.3) is 0 Å². The highest BCUT2D eigenvalue weighted by Gasteiger charge is 2.25. The molecule has 0 radical (unpaired) electrons. The van der Waals surface area contributed by atoms with Gasteiger partial charge in [-0.1, -0.05) is 36.2 Å². The Morgan fingerprint density at radius 2 is 2.00 bits per heavy atom. The van der Waals surface area contributed by atoms with Gasteiger partial charge < -0.3 is 0 Å². The van der Waals surface area contributed by atoms with Gasteiger partial charge in [0.2, 0.25) is 10.0 Å². The maximum Gasteiger partial charge on any atom is 0.245 e. The molecule has 0 aliphatic rings. The summed E-state index contributed by atoms with van der Waals surface area (Å²) >= 11 is 3.11. The van der Waals surface area contributed by atoms with Crippen LogP contribution in [0.15, 0.2) is 27.6 Å². The van der Waals surface area contributed by atoms with Crippen molar-refractivity contribution >= 4 is 26.0 Å². The number of nitrogens with zero attached hydrogens (tertiary/aromatic N) is 1. The fourth-order valence-electron chi connectivity index (χ4n) is 1.61. The summed E-state index contributed by atoms with van der Waals surface area (Å²) in [5.41, 5.74) is 0. The molecule has 0 saturated carbocycles. The van der Waals surface area contributed by atoms with Crippen LogP contribution in [-0.4, -0.2) is 25.8 Å². The zero-order valence-corrected chi connectivity index (χ0v) is 12.9. The van der Waals surface area contributed by atoms with E-state index in [0.717, 1.165) is 12.8 Å². The van der Waals surface area contributed by atoms with E-state index in [2.05, 4.69) is 15.9 Å². The van der Waals surface area contributed by atoms with Gasteiger partial charge in [0.15, 0.2) is 0 Å². The second-order valence-corrected chi connectivity index (χ2v) is 6.75. The molecule has 1 rings (SSSR count). The van der Waals surface area contributed by atoms with Crippen molar-refractivity contribution < 1.29 is 12.8 Å². The quantitative estimate of drug-likeness (QED) is 0.797. The Labute approximate surface area is 116 Å². The second-order valence-electron chi connectivity index (χ2n) is 3.93. The van der Waals surface area contributed by atoms with E-state index < -0.39 is 15.8 Å². The fourth-order valence-corrected chi connectivity index (χ4v) is 3.47. The first-order valence-electron chi connectivity index (χ1n) is 5.88. The summed E-state index contributed by atoms with van der Waals surface area (Å²) in [6.45, 7) is 4.51. The average molecular weight is 338 g/mol. The van der Waals surface area contributed by atoms with E-state index in [0.29, 0.717) is 17.6 Å². The Morgan fingerprint density at radius 1 is 1.33 bits per heavy atom. The minimum Gasteiger partial charge on any atom is -0.207 e. The molecule has 0 fully saturated rings. The predicted molar refractivity (Wildman–Crippen MR) is 73.4 cm³/mol. The summed E-state index contributed by atoms with van der Waals surface area (Å²) in [4.78, 5) is -0.261. The molecule has 0 aliphatic carbocycles. The van der Waals surface area contributed by atoms with E-state index in [-0.39, 0.29) is 4.90 Å². The summed E-state index contributed by atoms with van der Waals surface area (Å²) in [7, 11) is -3.73. The van der Waals surface area contributed by atoms with Crippen molar-refractivity contribution in [2.24, 2.45) is 0 Å². The smallest absolute Gasteiger partial charge is 0.207 e. The molecule has 3 nitrogen and oxygen atoms in total. The minimum absolute atomic E-state index is 0.261. The Bertz CT molecular complexity index is 505. The van der Waals surface area contributed by atoms with Crippen LogP contribution >= 0.6 is 15.9 Å². The topological polar surface area (TPSA) is 37.4 Å². The van der Waals surface area contributed by atoms with E-state index in [1.165, 1.54) is 22.5 Å². The molecule has 1 aromatic rings. The van der Waals surface area contributed by atoms with Crippen LogP contribution in [0.3, 0.4) is 0 Å². The zero-order chi connectivity index (χ0) is 13.8. The predicted octanol–water partition coefficient (Wildman–Crippen LogP) is 3.40. The highest BCUT2D eigenvalue weighted by Crippen LogP contribution is 2.22. The SMILES string of the molecule is CCCCN(CC)S(=O)(=O)c1ccc(Br)cc1F. The van der Waals surface area contributed by atoms with Crippen LogP contribution < -0.4 is 0 Å². The van der Waals surface area contributed by atoms with E-state index >= 15 is 0 Å². The molecule has 0 unspecified atom stereocenters. The Balaban J connectivity index is 3.10. The van der Waals surface area contributed by atoms with Crippen molar-refractivity contribution in [3.05, 3.63) is 28.5 Å². The molecule has 0 saturated heterocycles. The zero-order valence-electron chi connectivity index (χ0n) is 10.5. The van der Waals surface area contributed by atoms with Crippen molar-refractivity contribution in [3.8, 4) is 0 Å². The van der Waals surface area contributed by atoms with Crippen LogP contribution in [0.4, 0.5) is 4.39 Å². The summed E-state index contributed by atoms with van der Waals surface area (Å²) in [5.74, 6) is -0.723. The molecule has 0 heterocycles. The number of halogens is 2. The van der Waals surface area contributed by atoms with Gasteiger partial charge in [0.05, 0.1) is 0 Å². The van der Waals surface area contributed by atoms with Crippen LogP contribution in [0.1, 0.15) is 26.7 Å². The van der Waals surface area contributed by atoms with E-state index in [1.54, 1.807) is 6.92 Å². The number of benzene rings is 1. The maximum absolute atomic E-state index is 13.7. The van der Waals surface area contributed by atoms with Crippen LogP contribution in [0.25, 0.3) is 0 Å². The third kappa shape index (κ3) is 3.52. The number of sulfonamides is 1. The normalized spacial score (nSPS) is 12.1. The van der Waals surface area contributed by atoms with E-state index in [4.69, 9.17) is 0 Å². The molecule has 18 heavy (non-hydrogen) atoms. The van der Waals surface area contributed by atoms with Crippen molar-refractivity contribution in [1.82, 2.24) is 4.31 Å². The molecule has 0 N–H and O–H groups in total.